The third kappa shape index (κ3) is 6.64. The second kappa shape index (κ2) is 10.7. The summed E-state index contributed by atoms with van der Waals surface area (Å²) in [6.07, 6.45) is 3.40. The zero-order chi connectivity index (χ0) is 20.5. The largest absolute Gasteiger partial charge is 0.494 e. The number of aryl methyl sites for hydroxylation is 1. The van der Waals surface area contributed by atoms with Crippen molar-refractivity contribution >= 4 is 23.4 Å². The van der Waals surface area contributed by atoms with E-state index in [0.29, 0.717) is 11.0 Å². The molecule has 1 amide bonds. The summed E-state index contributed by atoms with van der Waals surface area (Å²) in [6, 6.07) is 15.5. The molecule has 3 aromatic rings. The van der Waals surface area contributed by atoms with Crippen LogP contribution in [0.5, 0.6) is 5.75 Å². The van der Waals surface area contributed by atoms with Crippen LogP contribution in [0.15, 0.2) is 53.7 Å². The van der Waals surface area contributed by atoms with Gasteiger partial charge in [-0.3, -0.25) is 9.89 Å². The number of ether oxygens (including phenoxy) is 1. The van der Waals surface area contributed by atoms with Crippen molar-refractivity contribution in [2.75, 3.05) is 17.7 Å². The number of unbranched alkanes of at least 4 members (excludes halogenated alkanes) is 2. The Bertz CT molecular complexity index is 907. The molecular formula is C22H26N4O2S. The minimum absolute atomic E-state index is 0.103. The molecule has 0 aliphatic rings. The molecule has 6 nitrogen and oxygen atoms in total. The lowest BCUT2D eigenvalue weighted by molar-refractivity contribution is -0.113. The Kier molecular flexibility index (Phi) is 7.69. The van der Waals surface area contributed by atoms with Crippen LogP contribution in [0.1, 0.15) is 31.7 Å². The molecule has 0 fully saturated rings. The molecular weight excluding hydrogens is 384 g/mol. The smallest absolute Gasteiger partial charge is 0.234 e. The molecule has 29 heavy (non-hydrogen) atoms. The van der Waals surface area contributed by atoms with Crippen LogP contribution in [-0.2, 0) is 4.79 Å². The van der Waals surface area contributed by atoms with Crippen molar-refractivity contribution < 1.29 is 9.53 Å². The molecule has 2 N–H and O–H groups in total. The highest BCUT2D eigenvalue weighted by atomic mass is 32.2. The number of nitrogens with one attached hydrogen (secondary N) is 2. The minimum Gasteiger partial charge on any atom is -0.494 e. The first-order chi connectivity index (χ1) is 14.1. The lowest BCUT2D eigenvalue weighted by atomic mass is 10.1. The Labute approximate surface area is 175 Å². The lowest BCUT2D eigenvalue weighted by Crippen LogP contribution is -2.14. The van der Waals surface area contributed by atoms with E-state index in [9.17, 15) is 4.79 Å². The Morgan fingerprint density at radius 1 is 1.10 bits per heavy atom. The molecule has 0 atom stereocenters. The van der Waals surface area contributed by atoms with Crippen molar-refractivity contribution in [1.82, 2.24) is 15.2 Å². The number of rotatable bonds is 10. The van der Waals surface area contributed by atoms with Crippen LogP contribution in [0.25, 0.3) is 11.4 Å². The fourth-order valence-electron chi connectivity index (χ4n) is 2.66. The highest BCUT2D eigenvalue weighted by Gasteiger charge is 2.09. The highest BCUT2D eigenvalue weighted by molar-refractivity contribution is 7.99. The zero-order valence-electron chi connectivity index (χ0n) is 16.8. The number of anilines is 1. The van der Waals surface area contributed by atoms with Gasteiger partial charge in [0.05, 0.1) is 12.4 Å². The standard InChI is InChI=1S/C22H26N4O2S/c1-3-4-5-14-28-19-12-10-18(11-13-19)23-20(27)15-29-22-24-21(25-26-22)17-8-6-16(2)7-9-17/h6-13H,3-5,14-15H2,1-2H3,(H,23,27)(H,24,25,26). The van der Waals surface area contributed by atoms with Crippen LogP contribution in [-0.4, -0.2) is 33.4 Å². The van der Waals surface area contributed by atoms with E-state index in [1.165, 1.54) is 30.2 Å². The van der Waals surface area contributed by atoms with Crippen molar-refractivity contribution in [1.29, 1.82) is 0 Å². The van der Waals surface area contributed by atoms with Crippen molar-refractivity contribution in [2.45, 2.75) is 38.3 Å². The summed E-state index contributed by atoms with van der Waals surface area (Å²) in [5.74, 6) is 1.65. The predicted octanol–water partition coefficient (Wildman–Crippen LogP) is 5.08. The topological polar surface area (TPSA) is 79.9 Å². The molecule has 1 aromatic heterocycles. The van der Waals surface area contributed by atoms with E-state index >= 15 is 0 Å². The number of aromatic amines is 1. The minimum atomic E-state index is -0.103. The number of carbonyl (C=O) groups excluding carboxylic acids is 1. The van der Waals surface area contributed by atoms with Gasteiger partial charge in [0.2, 0.25) is 11.1 Å². The maximum atomic E-state index is 12.2. The summed E-state index contributed by atoms with van der Waals surface area (Å²) in [6.45, 7) is 4.93. The molecule has 2 aromatic carbocycles. The second-order valence-corrected chi connectivity index (χ2v) is 7.69. The first-order valence-electron chi connectivity index (χ1n) is 9.79. The summed E-state index contributed by atoms with van der Waals surface area (Å²) < 4.78 is 5.68. The van der Waals surface area contributed by atoms with Gasteiger partial charge >= 0.3 is 0 Å². The van der Waals surface area contributed by atoms with Crippen LogP contribution in [0.4, 0.5) is 5.69 Å². The fourth-order valence-corrected chi connectivity index (χ4v) is 3.25. The number of nitrogens with zero attached hydrogens (tertiary/aromatic N) is 2. The van der Waals surface area contributed by atoms with Crippen LogP contribution >= 0.6 is 11.8 Å². The molecule has 7 heteroatoms. The van der Waals surface area contributed by atoms with Gasteiger partial charge in [-0.2, -0.15) is 0 Å². The lowest BCUT2D eigenvalue weighted by Gasteiger charge is -2.08. The van der Waals surface area contributed by atoms with Crippen LogP contribution < -0.4 is 10.1 Å². The number of hydrogen-bond donors (Lipinski definition) is 2. The molecule has 152 valence electrons. The maximum Gasteiger partial charge on any atom is 0.234 e. The normalized spacial score (nSPS) is 10.7. The molecule has 0 aliphatic heterocycles. The Balaban J connectivity index is 1.44. The van der Waals surface area contributed by atoms with Gasteiger partial charge in [-0.1, -0.05) is 61.4 Å². The Morgan fingerprint density at radius 2 is 1.86 bits per heavy atom. The summed E-state index contributed by atoms with van der Waals surface area (Å²) in [5, 5.41) is 10.5. The number of carbonyl (C=O) groups is 1. The first kappa shape index (κ1) is 20.9. The number of thioether (sulfide) groups is 1. The van der Waals surface area contributed by atoms with Gasteiger partial charge in [0.25, 0.3) is 0 Å². The fraction of sp³-hybridized carbons (Fsp3) is 0.318. The quantitative estimate of drug-likeness (QED) is 0.360. The molecule has 0 saturated heterocycles. The maximum absolute atomic E-state index is 12.2. The molecule has 0 radical (unpaired) electrons. The van der Waals surface area contributed by atoms with E-state index in [0.717, 1.165) is 30.0 Å². The van der Waals surface area contributed by atoms with Gasteiger partial charge < -0.3 is 10.1 Å². The second-order valence-electron chi connectivity index (χ2n) is 6.75. The van der Waals surface area contributed by atoms with E-state index in [1.54, 1.807) is 0 Å². The number of benzene rings is 2. The number of aromatic nitrogens is 3. The third-order valence-corrected chi connectivity index (χ3v) is 5.12. The van der Waals surface area contributed by atoms with Gasteiger partial charge in [-0.25, -0.2) is 4.98 Å². The van der Waals surface area contributed by atoms with Gasteiger partial charge in [0.1, 0.15) is 5.75 Å². The molecule has 0 bridgehead atoms. The predicted molar refractivity (Wildman–Crippen MR) is 117 cm³/mol. The highest BCUT2D eigenvalue weighted by Crippen LogP contribution is 2.20. The zero-order valence-corrected chi connectivity index (χ0v) is 17.6. The molecule has 0 aliphatic carbocycles. The SMILES string of the molecule is CCCCCOc1ccc(NC(=O)CSc2n[nH]c(-c3ccc(C)cc3)n2)cc1. The van der Waals surface area contributed by atoms with Crippen LogP contribution in [0.2, 0.25) is 0 Å². The van der Waals surface area contributed by atoms with E-state index < -0.39 is 0 Å². The Hall–Kier alpha value is -2.80. The van der Waals surface area contributed by atoms with Gasteiger partial charge in [0, 0.05) is 11.3 Å². The van der Waals surface area contributed by atoms with Crippen LogP contribution in [0, 0.1) is 6.92 Å². The summed E-state index contributed by atoms with van der Waals surface area (Å²) in [7, 11) is 0. The number of hydrogen-bond acceptors (Lipinski definition) is 5. The van der Waals surface area contributed by atoms with Gasteiger partial charge in [-0.15, -0.1) is 5.10 Å². The van der Waals surface area contributed by atoms with Crippen molar-refractivity contribution in [2.24, 2.45) is 0 Å². The van der Waals surface area contributed by atoms with Crippen LogP contribution in [0.3, 0.4) is 0 Å². The average Bonchev–Trinajstić information content (AvgIpc) is 3.20. The Morgan fingerprint density at radius 3 is 2.59 bits per heavy atom. The summed E-state index contributed by atoms with van der Waals surface area (Å²) in [5.41, 5.74) is 2.90. The van der Waals surface area contributed by atoms with Gasteiger partial charge in [-0.05, 0) is 37.6 Å². The first-order valence-corrected chi connectivity index (χ1v) is 10.8. The monoisotopic (exact) mass is 410 g/mol. The van der Waals surface area contributed by atoms with E-state index in [1.807, 2.05) is 55.5 Å². The van der Waals surface area contributed by atoms with E-state index in [-0.39, 0.29) is 11.7 Å². The van der Waals surface area contributed by atoms with E-state index in [4.69, 9.17) is 4.74 Å². The van der Waals surface area contributed by atoms with Crippen molar-refractivity contribution in [3.05, 3.63) is 54.1 Å². The van der Waals surface area contributed by atoms with Gasteiger partial charge in [0.15, 0.2) is 5.82 Å². The molecule has 3 rings (SSSR count). The average molecular weight is 411 g/mol. The summed E-state index contributed by atoms with van der Waals surface area (Å²) >= 11 is 1.30. The van der Waals surface area contributed by atoms with Crippen molar-refractivity contribution in [3.8, 4) is 17.1 Å². The molecule has 0 saturated carbocycles. The third-order valence-electron chi connectivity index (χ3n) is 4.28. The van der Waals surface area contributed by atoms with Crippen molar-refractivity contribution in [3.63, 3.8) is 0 Å². The molecule has 0 spiro atoms. The molecule has 1 heterocycles. The van der Waals surface area contributed by atoms with E-state index in [2.05, 4.69) is 27.4 Å². The summed E-state index contributed by atoms with van der Waals surface area (Å²) in [4.78, 5) is 16.6. The molecule has 0 unspecified atom stereocenters. The number of amides is 1. The number of H-pyrrole nitrogens is 1.